The lowest BCUT2D eigenvalue weighted by Gasteiger charge is -2.31. The first-order valence-electron chi connectivity index (χ1n) is 4.88. The molecule has 3 nitrogen and oxygen atoms in total. The predicted octanol–water partition coefficient (Wildman–Crippen LogP) is 1.85. The third-order valence-electron chi connectivity index (χ3n) is 2.50. The van der Waals surface area contributed by atoms with Crippen molar-refractivity contribution < 1.29 is 31.9 Å². The number of carbonyl (C=O) groups is 1. The zero-order chi connectivity index (χ0) is 13.9. The van der Waals surface area contributed by atoms with Crippen molar-refractivity contribution in [3.05, 3.63) is 0 Å². The Morgan fingerprint density at radius 3 is 2.00 bits per heavy atom. The van der Waals surface area contributed by atoms with Gasteiger partial charge in [0, 0.05) is 12.1 Å². The second-order valence-electron chi connectivity index (χ2n) is 3.91. The first-order chi connectivity index (χ1) is 7.50. The van der Waals surface area contributed by atoms with Crippen LogP contribution in [0.4, 0.5) is 22.0 Å². The van der Waals surface area contributed by atoms with Crippen molar-refractivity contribution in [2.45, 2.75) is 44.3 Å². The third kappa shape index (κ3) is 3.79. The summed E-state index contributed by atoms with van der Waals surface area (Å²) in [5.41, 5.74) is -1.29. The average molecular weight is 263 g/mol. The van der Waals surface area contributed by atoms with Crippen LogP contribution in [-0.2, 0) is 4.79 Å². The molecule has 1 unspecified atom stereocenters. The average Bonchev–Trinajstić information content (AvgIpc) is 2.16. The Hall–Kier alpha value is -0.920. The van der Waals surface area contributed by atoms with Gasteiger partial charge in [0.2, 0.25) is 0 Å². The standard InChI is InChI=1S/C9H14F5NO2/c1-3-7(2,4-5-16)15-6(17)8(10,11)9(12,13)14/h16H,3-5H2,1-2H3,(H,15,17). The van der Waals surface area contributed by atoms with Gasteiger partial charge in [0.1, 0.15) is 0 Å². The van der Waals surface area contributed by atoms with Gasteiger partial charge in [-0.1, -0.05) is 6.92 Å². The summed E-state index contributed by atoms with van der Waals surface area (Å²) >= 11 is 0. The number of hydrogen-bond donors (Lipinski definition) is 2. The molecule has 0 rings (SSSR count). The fourth-order valence-corrected chi connectivity index (χ4v) is 1.06. The molecule has 0 bridgehead atoms. The fraction of sp³-hybridized carbons (Fsp3) is 0.889. The molecule has 0 aliphatic carbocycles. The van der Waals surface area contributed by atoms with Crippen molar-refractivity contribution in [1.29, 1.82) is 0 Å². The number of halogens is 5. The van der Waals surface area contributed by atoms with Crippen LogP contribution in [0, 0.1) is 0 Å². The monoisotopic (exact) mass is 263 g/mol. The molecule has 17 heavy (non-hydrogen) atoms. The van der Waals surface area contributed by atoms with E-state index in [1.54, 1.807) is 5.32 Å². The minimum atomic E-state index is -5.93. The van der Waals surface area contributed by atoms with E-state index in [0.29, 0.717) is 0 Å². The van der Waals surface area contributed by atoms with Crippen LogP contribution >= 0.6 is 0 Å². The molecule has 0 aromatic heterocycles. The number of hydrogen-bond acceptors (Lipinski definition) is 2. The van der Waals surface area contributed by atoms with Crippen LogP contribution in [0.25, 0.3) is 0 Å². The minimum absolute atomic E-state index is 0.108. The summed E-state index contributed by atoms with van der Waals surface area (Å²) in [7, 11) is 0. The molecule has 1 atom stereocenters. The zero-order valence-corrected chi connectivity index (χ0v) is 9.37. The summed E-state index contributed by atoms with van der Waals surface area (Å²) in [6.07, 6.45) is -5.92. The van der Waals surface area contributed by atoms with Gasteiger partial charge < -0.3 is 10.4 Å². The second kappa shape index (κ2) is 5.16. The number of alkyl halides is 5. The summed E-state index contributed by atoms with van der Waals surface area (Å²) in [5, 5.41) is 10.3. The lowest BCUT2D eigenvalue weighted by Crippen LogP contribution is -2.57. The molecule has 0 aromatic rings. The van der Waals surface area contributed by atoms with Crippen LogP contribution in [0.2, 0.25) is 0 Å². The van der Waals surface area contributed by atoms with Gasteiger partial charge in [-0.15, -0.1) is 0 Å². The molecule has 0 aliphatic heterocycles. The van der Waals surface area contributed by atoms with E-state index in [-0.39, 0.29) is 12.8 Å². The highest BCUT2D eigenvalue weighted by Crippen LogP contribution is 2.36. The largest absolute Gasteiger partial charge is 0.463 e. The van der Waals surface area contributed by atoms with E-state index in [0.717, 1.165) is 0 Å². The van der Waals surface area contributed by atoms with Crippen molar-refractivity contribution >= 4 is 5.91 Å². The lowest BCUT2D eigenvalue weighted by molar-refractivity contribution is -0.270. The molecule has 0 aliphatic rings. The Morgan fingerprint density at radius 1 is 1.24 bits per heavy atom. The van der Waals surface area contributed by atoms with Crippen LogP contribution in [0.15, 0.2) is 0 Å². The lowest BCUT2D eigenvalue weighted by atomic mass is 9.94. The molecule has 0 saturated heterocycles. The molecule has 0 fully saturated rings. The number of nitrogens with one attached hydrogen (secondary N) is 1. The van der Waals surface area contributed by atoms with Crippen LogP contribution in [0.1, 0.15) is 26.7 Å². The van der Waals surface area contributed by atoms with Gasteiger partial charge in [-0.3, -0.25) is 4.79 Å². The summed E-state index contributed by atoms with van der Waals surface area (Å²) in [5.74, 6) is -7.83. The molecule has 0 spiro atoms. The van der Waals surface area contributed by atoms with Crippen LogP contribution in [-0.4, -0.2) is 35.3 Å². The van der Waals surface area contributed by atoms with E-state index in [2.05, 4.69) is 0 Å². The van der Waals surface area contributed by atoms with Crippen molar-refractivity contribution in [3.63, 3.8) is 0 Å². The SMILES string of the molecule is CCC(C)(CCO)NC(=O)C(F)(F)C(F)(F)F. The first-order valence-corrected chi connectivity index (χ1v) is 4.88. The number of amides is 1. The summed E-state index contributed by atoms with van der Waals surface area (Å²) < 4.78 is 60.9. The maximum absolute atomic E-state index is 12.6. The third-order valence-corrected chi connectivity index (χ3v) is 2.50. The van der Waals surface area contributed by atoms with E-state index in [1.165, 1.54) is 13.8 Å². The van der Waals surface area contributed by atoms with Gasteiger partial charge in [-0.05, 0) is 19.8 Å². The van der Waals surface area contributed by atoms with Gasteiger partial charge in [0.25, 0.3) is 0 Å². The van der Waals surface area contributed by atoms with Crippen LogP contribution < -0.4 is 5.32 Å². The maximum atomic E-state index is 12.6. The highest BCUT2D eigenvalue weighted by molar-refractivity contribution is 5.84. The predicted molar refractivity (Wildman–Crippen MR) is 49.5 cm³/mol. The highest BCUT2D eigenvalue weighted by Gasteiger charge is 2.64. The molecule has 0 heterocycles. The molecule has 1 amide bonds. The van der Waals surface area contributed by atoms with E-state index in [4.69, 9.17) is 5.11 Å². The quantitative estimate of drug-likeness (QED) is 0.744. The molecule has 8 heteroatoms. The summed E-state index contributed by atoms with van der Waals surface area (Å²) in [6, 6.07) is 0. The Morgan fingerprint density at radius 2 is 1.71 bits per heavy atom. The van der Waals surface area contributed by atoms with Gasteiger partial charge >= 0.3 is 18.0 Å². The topological polar surface area (TPSA) is 49.3 Å². The van der Waals surface area contributed by atoms with Crippen LogP contribution in [0.5, 0.6) is 0 Å². The van der Waals surface area contributed by atoms with Crippen molar-refractivity contribution in [2.24, 2.45) is 0 Å². The van der Waals surface area contributed by atoms with E-state index >= 15 is 0 Å². The molecular formula is C9H14F5NO2. The van der Waals surface area contributed by atoms with E-state index in [1.807, 2.05) is 0 Å². The number of aliphatic hydroxyl groups excluding tert-OH is 1. The van der Waals surface area contributed by atoms with Crippen molar-refractivity contribution in [1.82, 2.24) is 5.32 Å². The normalized spacial score (nSPS) is 16.5. The zero-order valence-electron chi connectivity index (χ0n) is 9.37. The van der Waals surface area contributed by atoms with E-state index in [9.17, 15) is 26.7 Å². The highest BCUT2D eigenvalue weighted by atomic mass is 19.4. The minimum Gasteiger partial charge on any atom is -0.396 e. The summed E-state index contributed by atoms with van der Waals surface area (Å²) in [6.45, 7) is 2.36. The number of rotatable bonds is 5. The van der Waals surface area contributed by atoms with E-state index < -0.39 is 30.2 Å². The van der Waals surface area contributed by atoms with Crippen molar-refractivity contribution in [2.75, 3.05) is 6.61 Å². The van der Waals surface area contributed by atoms with Gasteiger partial charge in [0.05, 0.1) is 0 Å². The second-order valence-corrected chi connectivity index (χ2v) is 3.91. The molecular weight excluding hydrogens is 249 g/mol. The van der Waals surface area contributed by atoms with Gasteiger partial charge in [0.15, 0.2) is 0 Å². The molecule has 0 radical (unpaired) electrons. The molecule has 0 aromatic carbocycles. The number of carbonyl (C=O) groups excluding carboxylic acids is 1. The fourth-order valence-electron chi connectivity index (χ4n) is 1.06. The Bertz CT molecular complexity index is 279. The van der Waals surface area contributed by atoms with Gasteiger partial charge in [-0.25, -0.2) is 0 Å². The Kier molecular flexibility index (Phi) is 4.88. The molecule has 2 N–H and O–H groups in total. The maximum Gasteiger partial charge on any atom is 0.463 e. The molecule has 0 saturated carbocycles. The van der Waals surface area contributed by atoms with Gasteiger partial charge in [-0.2, -0.15) is 22.0 Å². The van der Waals surface area contributed by atoms with Crippen LogP contribution in [0.3, 0.4) is 0 Å². The number of aliphatic hydroxyl groups is 1. The van der Waals surface area contributed by atoms with Crippen molar-refractivity contribution in [3.8, 4) is 0 Å². The first kappa shape index (κ1) is 16.1. The Labute approximate surface area is 95.0 Å². The Balaban J connectivity index is 4.85. The smallest absolute Gasteiger partial charge is 0.396 e. The molecule has 102 valence electrons. The summed E-state index contributed by atoms with van der Waals surface area (Å²) in [4.78, 5) is 10.9.